The minimum absolute atomic E-state index is 0.134. The van der Waals surface area contributed by atoms with Crippen molar-refractivity contribution in [3.63, 3.8) is 0 Å². The van der Waals surface area contributed by atoms with Crippen LogP contribution >= 0.6 is 0 Å². The largest absolute Gasteiger partial charge is 0.348 e. The molecule has 0 bridgehead atoms. The van der Waals surface area contributed by atoms with Gasteiger partial charge in [-0.3, -0.25) is 9.59 Å². The molecule has 2 aliphatic rings. The third-order valence-electron chi connectivity index (χ3n) is 4.29. The fourth-order valence-electron chi connectivity index (χ4n) is 2.85. The van der Waals surface area contributed by atoms with Crippen molar-refractivity contribution in [2.75, 3.05) is 27.2 Å². The molecule has 1 aliphatic carbocycles. The lowest BCUT2D eigenvalue weighted by Gasteiger charge is -2.17. The van der Waals surface area contributed by atoms with E-state index in [-0.39, 0.29) is 11.8 Å². The molecule has 23 heavy (non-hydrogen) atoms. The van der Waals surface area contributed by atoms with Gasteiger partial charge in [0.05, 0.1) is 5.69 Å². The highest BCUT2D eigenvalue weighted by molar-refractivity contribution is 5.97. The number of nitrogens with zero attached hydrogens (tertiary/aromatic N) is 3. The molecule has 2 amide bonds. The number of aromatic nitrogens is 2. The van der Waals surface area contributed by atoms with Crippen molar-refractivity contribution in [3.05, 3.63) is 17.2 Å². The molecule has 0 aromatic carbocycles. The van der Waals surface area contributed by atoms with E-state index in [2.05, 4.69) is 15.6 Å². The number of carbonyl (C=O) groups excluding carboxylic acids is 2. The second-order valence-corrected chi connectivity index (χ2v) is 6.65. The maximum atomic E-state index is 12.4. The summed E-state index contributed by atoms with van der Waals surface area (Å²) >= 11 is 0. The van der Waals surface area contributed by atoms with Gasteiger partial charge in [-0.2, -0.15) is 0 Å². The molecule has 126 valence electrons. The minimum atomic E-state index is -0.194. The van der Waals surface area contributed by atoms with Gasteiger partial charge in [0.1, 0.15) is 5.69 Å². The smallest absolute Gasteiger partial charge is 0.287 e. The number of imidazole rings is 1. The first-order chi connectivity index (χ1) is 11.1. The van der Waals surface area contributed by atoms with Crippen LogP contribution < -0.4 is 10.6 Å². The topological polar surface area (TPSA) is 79.3 Å². The van der Waals surface area contributed by atoms with Crippen molar-refractivity contribution in [3.8, 4) is 0 Å². The third kappa shape index (κ3) is 3.72. The molecule has 1 aromatic rings. The van der Waals surface area contributed by atoms with E-state index in [0.29, 0.717) is 24.1 Å². The van der Waals surface area contributed by atoms with E-state index in [1.165, 1.54) is 0 Å². The molecule has 2 heterocycles. The van der Waals surface area contributed by atoms with Crippen LogP contribution in [0.1, 0.15) is 52.5 Å². The molecule has 0 atom stereocenters. The van der Waals surface area contributed by atoms with Gasteiger partial charge in [-0.25, -0.2) is 4.98 Å². The molecule has 7 heteroatoms. The lowest BCUT2D eigenvalue weighted by molar-refractivity contribution is 0.0935. The molecule has 0 unspecified atom stereocenters. The Kier molecular flexibility index (Phi) is 4.66. The Morgan fingerprint density at radius 1 is 1.26 bits per heavy atom. The Hall–Kier alpha value is -1.89. The predicted octanol–water partition coefficient (Wildman–Crippen LogP) is 0.403. The van der Waals surface area contributed by atoms with Crippen LogP contribution in [0.15, 0.2) is 0 Å². The van der Waals surface area contributed by atoms with Gasteiger partial charge in [0, 0.05) is 25.7 Å². The zero-order chi connectivity index (χ0) is 16.4. The number of amides is 2. The first kappa shape index (κ1) is 16.0. The SMILES string of the molecule is CN(C)CCNC(=O)c1nc(C(=O)NC2CC2)c2n1CCCC2. The first-order valence-corrected chi connectivity index (χ1v) is 8.39. The third-order valence-corrected chi connectivity index (χ3v) is 4.29. The number of carbonyl (C=O) groups is 2. The molecule has 1 saturated carbocycles. The van der Waals surface area contributed by atoms with Gasteiger partial charge in [0.25, 0.3) is 11.8 Å². The van der Waals surface area contributed by atoms with Crippen LogP contribution in [0.2, 0.25) is 0 Å². The molecule has 1 fully saturated rings. The Bertz CT molecular complexity index is 604. The van der Waals surface area contributed by atoms with Crippen LogP contribution in [0, 0.1) is 0 Å². The Morgan fingerprint density at radius 3 is 2.74 bits per heavy atom. The van der Waals surface area contributed by atoms with Crippen LogP contribution in [0.4, 0.5) is 0 Å². The number of nitrogens with one attached hydrogen (secondary N) is 2. The highest BCUT2D eigenvalue weighted by Gasteiger charge is 2.30. The summed E-state index contributed by atoms with van der Waals surface area (Å²) in [6.45, 7) is 2.10. The molecule has 3 rings (SSSR count). The number of fused-ring (bicyclic) bond motifs is 1. The quantitative estimate of drug-likeness (QED) is 0.796. The van der Waals surface area contributed by atoms with Crippen molar-refractivity contribution < 1.29 is 9.59 Å². The standard InChI is InChI=1S/C16H25N5O2/c1-20(2)10-8-17-16(23)14-19-13(15(22)18-11-6-7-11)12-5-3-4-9-21(12)14/h11H,3-10H2,1-2H3,(H,17,23)(H,18,22). The summed E-state index contributed by atoms with van der Waals surface area (Å²) in [7, 11) is 3.92. The van der Waals surface area contributed by atoms with Crippen molar-refractivity contribution in [2.45, 2.75) is 44.7 Å². The molecular formula is C16H25N5O2. The minimum Gasteiger partial charge on any atom is -0.348 e. The van der Waals surface area contributed by atoms with Crippen molar-refractivity contribution in [1.29, 1.82) is 0 Å². The Labute approximate surface area is 136 Å². The van der Waals surface area contributed by atoms with E-state index < -0.39 is 0 Å². The molecular weight excluding hydrogens is 294 g/mol. The fourth-order valence-corrected chi connectivity index (χ4v) is 2.85. The molecule has 1 aliphatic heterocycles. The van der Waals surface area contributed by atoms with E-state index in [1.807, 2.05) is 23.6 Å². The summed E-state index contributed by atoms with van der Waals surface area (Å²) in [4.78, 5) is 31.2. The van der Waals surface area contributed by atoms with Crippen molar-refractivity contribution >= 4 is 11.8 Å². The summed E-state index contributed by atoms with van der Waals surface area (Å²) in [6.07, 6.45) is 4.95. The molecule has 7 nitrogen and oxygen atoms in total. The molecule has 1 aromatic heterocycles. The van der Waals surface area contributed by atoms with Crippen molar-refractivity contribution in [2.24, 2.45) is 0 Å². The van der Waals surface area contributed by atoms with E-state index in [1.54, 1.807) is 0 Å². The summed E-state index contributed by atoms with van der Waals surface area (Å²) in [5.74, 6) is 0.0466. The molecule has 0 saturated heterocycles. The summed E-state index contributed by atoms with van der Waals surface area (Å²) in [6, 6.07) is 0.292. The Balaban J connectivity index is 1.77. The molecule has 0 spiro atoms. The van der Waals surface area contributed by atoms with Gasteiger partial charge >= 0.3 is 0 Å². The van der Waals surface area contributed by atoms with Gasteiger partial charge in [-0.05, 0) is 46.2 Å². The van der Waals surface area contributed by atoms with E-state index in [9.17, 15) is 9.59 Å². The van der Waals surface area contributed by atoms with Crippen molar-refractivity contribution in [1.82, 2.24) is 25.1 Å². The Morgan fingerprint density at radius 2 is 2.04 bits per heavy atom. The van der Waals surface area contributed by atoms with E-state index in [0.717, 1.165) is 50.9 Å². The van der Waals surface area contributed by atoms with Crippen LogP contribution in [0.3, 0.4) is 0 Å². The second kappa shape index (κ2) is 6.70. The normalized spacial score (nSPS) is 17.0. The lowest BCUT2D eigenvalue weighted by atomic mass is 10.1. The predicted molar refractivity (Wildman–Crippen MR) is 86.5 cm³/mol. The number of rotatable bonds is 6. The van der Waals surface area contributed by atoms with E-state index in [4.69, 9.17) is 0 Å². The first-order valence-electron chi connectivity index (χ1n) is 8.39. The van der Waals surface area contributed by atoms with Crippen LogP contribution in [-0.2, 0) is 13.0 Å². The maximum Gasteiger partial charge on any atom is 0.287 e. The lowest BCUT2D eigenvalue weighted by Crippen LogP contribution is -2.33. The zero-order valence-electron chi connectivity index (χ0n) is 13.9. The van der Waals surface area contributed by atoms with Gasteiger partial charge in [0.2, 0.25) is 0 Å². The van der Waals surface area contributed by atoms with Gasteiger partial charge < -0.3 is 20.1 Å². The molecule has 0 radical (unpaired) electrons. The molecule has 2 N–H and O–H groups in total. The van der Waals surface area contributed by atoms with Gasteiger partial charge in [0.15, 0.2) is 5.82 Å². The van der Waals surface area contributed by atoms with Gasteiger partial charge in [-0.1, -0.05) is 0 Å². The number of hydrogen-bond acceptors (Lipinski definition) is 4. The zero-order valence-corrected chi connectivity index (χ0v) is 13.9. The maximum absolute atomic E-state index is 12.4. The summed E-state index contributed by atoms with van der Waals surface area (Å²) in [5.41, 5.74) is 1.35. The van der Waals surface area contributed by atoms with Crippen LogP contribution in [-0.4, -0.2) is 59.5 Å². The highest BCUT2D eigenvalue weighted by atomic mass is 16.2. The number of hydrogen-bond donors (Lipinski definition) is 2. The average molecular weight is 319 g/mol. The summed E-state index contributed by atoms with van der Waals surface area (Å²) < 4.78 is 1.93. The van der Waals surface area contributed by atoms with E-state index >= 15 is 0 Å². The monoisotopic (exact) mass is 319 g/mol. The summed E-state index contributed by atoms with van der Waals surface area (Å²) in [5, 5.41) is 5.87. The average Bonchev–Trinajstić information content (AvgIpc) is 3.24. The van der Waals surface area contributed by atoms with Crippen LogP contribution in [0.25, 0.3) is 0 Å². The highest BCUT2D eigenvalue weighted by Crippen LogP contribution is 2.23. The fraction of sp³-hybridized carbons (Fsp3) is 0.688. The van der Waals surface area contributed by atoms with Crippen LogP contribution in [0.5, 0.6) is 0 Å². The second-order valence-electron chi connectivity index (χ2n) is 6.65. The number of likely N-dealkylation sites (N-methyl/N-ethyl adjacent to an activating group) is 1. The van der Waals surface area contributed by atoms with Gasteiger partial charge in [-0.15, -0.1) is 0 Å².